The van der Waals surface area contributed by atoms with Crippen molar-refractivity contribution in [3.63, 3.8) is 0 Å². The third-order valence-corrected chi connectivity index (χ3v) is 4.98. The summed E-state index contributed by atoms with van der Waals surface area (Å²) in [5.41, 5.74) is 0.975. The van der Waals surface area contributed by atoms with Crippen molar-refractivity contribution in [2.75, 3.05) is 0 Å². The summed E-state index contributed by atoms with van der Waals surface area (Å²) in [6.07, 6.45) is 3.57. The van der Waals surface area contributed by atoms with Gasteiger partial charge in [0, 0.05) is 24.3 Å². The molecule has 20 heavy (non-hydrogen) atoms. The summed E-state index contributed by atoms with van der Waals surface area (Å²) in [5.74, 6) is 0.801. The lowest BCUT2D eigenvalue weighted by Gasteiger charge is -2.06. The summed E-state index contributed by atoms with van der Waals surface area (Å²) in [5, 5.41) is 0.732. The molecule has 1 N–H and O–H groups in total. The van der Waals surface area contributed by atoms with Gasteiger partial charge in [0.15, 0.2) is 4.77 Å². The van der Waals surface area contributed by atoms with E-state index in [1.807, 2.05) is 31.7 Å². The first-order valence-electron chi connectivity index (χ1n) is 6.18. The van der Waals surface area contributed by atoms with E-state index >= 15 is 0 Å². The largest absolute Gasteiger partial charge is 0.337 e. The van der Waals surface area contributed by atoms with Crippen LogP contribution >= 0.6 is 23.6 Å². The molecule has 0 atom stereocenters. The molecule has 0 unspecified atom stereocenters. The number of hydrogen-bond acceptors (Lipinski definition) is 4. The SMILES string of the molecule is Cc1sc2[nH]c(=S)n(Cc3nccn3C)c(=O)c2c1C. The predicted molar refractivity (Wildman–Crippen MR) is 83.1 cm³/mol. The van der Waals surface area contributed by atoms with E-state index in [1.165, 1.54) is 0 Å². The number of H-pyrrole nitrogens is 1. The number of aromatic amines is 1. The monoisotopic (exact) mass is 306 g/mol. The molecule has 0 aliphatic rings. The van der Waals surface area contributed by atoms with Crippen LogP contribution in [0.3, 0.4) is 0 Å². The number of nitrogens with zero attached hydrogens (tertiary/aromatic N) is 3. The fourth-order valence-electron chi connectivity index (χ4n) is 2.20. The molecule has 5 nitrogen and oxygen atoms in total. The first-order valence-corrected chi connectivity index (χ1v) is 7.40. The van der Waals surface area contributed by atoms with Gasteiger partial charge in [-0.2, -0.15) is 0 Å². The van der Waals surface area contributed by atoms with Crippen LogP contribution in [0.15, 0.2) is 17.2 Å². The first-order chi connectivity index (χ1) is 9.49. The molecule has 0 spiro atoms. The number of hydrogen-bond donors (Lipinski definition) is 1. The molecule has 3 aromatic rings. The van der Waals surface area contributed by atoms with Crippen molar-refractivity contribution < 1.29 is 0 Å². The van der Waals surface area contributed by atoms with Crippen LogP contribution in [0.5, 0.6) is 0 Å². The number of aryl methyl sites for hydroxylation is 3. The molecule has 0 amide bonds. The van der Waals surface area contributed by atoms with E-state index in [0.717, 1.165) is 26.5 Å². The van der Waals surface area contributed by atoms with Crippen molar-refractivity contribution in [3.8, 4) is 0 Å². The number of aromatic nitrogens is 4. The average molecular weight is 306 g/mol. The minimum absolute atomic E-state index is 0.0476. The van der Waals surface area contributed by atoms with Gasteiger partial charge in [-0.15, -0.1) is 11.3 Å². The smallest absolute Gasteiger partial charge is 0.263 e. The van der Waals surface area contributed by atoms with Crippen molar-refractivity contribution in [1.82, 2.24) is 19.1 Å². The summed E-state index contributed by atoms with van der Waals surface area (Å²) in [4.78, 5) is 22.1. The highest BCUT2D eigenvalue weighted by Gasteiger charge is 2.13. The topological polar surface area (TPSA) is 55.6 Å². The Kier molecular flexibility index (Phi) is 3.10. The van der Waals surface area contributed by atoms with Gasteiger partial charge < -0.3 is 9.55 Å². The van der Waals surface area contributed by atoms with Gasteiger partial charge in [0.25, 0.3) is 5.56 Å². The standard InChI is InChI=1S/C13H14N4OS2/c1-7-8(2)20-11-10(7)12(18)17(13(19)15-11)6-9-14-4-5-16(9)3/h4-5H,6H2,1-3H3,(H,15,19). The second-order valence-corrected chi connectivity index (χ2v) is 6.37. The minimum atomic E-state index is -0.0476. The van der Waals surface area contributed by atoms with E-state index in [1.54, 1.807) is 22.1 Å². The van der Waals surface area contributed by atoms with Gasteiger partial charge in [-0.05, 0) is 31.6 Å². The van der Waals surface area contributed by atoms with Crippen LogP contribution < -0.4 is 5.56 Å². The number of rotatable bonds is 2. The zero-order valence-electron chi connectivity index (χ0n) is 11.4. The summed E-state index contributed by atoms with van der Waals surface area (Å²) < 4.78 is 3.89. The zero-order chi connectivity index (χ0) is 14.4. The lowest BCUT2D eigenvalue weighted by molar-refractivity contribution is 0.665. The number of imidazole rings is 1. The van der Waals surface area contributed by atoms with Crippen LogP contribution in [0.2, 0.25) is 0 Å². The summed E-state index contributed by atoms with van der Waals surface area (Å²) >= 11 is 6.88. The molecule has 3 heterocycles. The van der Waals surface area contributed by atoms with Crippen molar-refractivity contribution in [2.24, 2.45) is 7.05 Å². The molecule has 0 bridgehead atoms. The van der Waals surface area contributed by atoms with Gasteiger partial charge in [-0.3, -0.25) is 9.36 Å². The lowest BCUT2D eigenvalue weighted by Crippen LogP contribution is -2.24. The molecule has 3 rings (SSSR count). The highest BCUT2D eigenvalue weighted by Crippen LogP contribution is 2.25. The van der Waals surface area contributed by atoms with Crippen molar-refractivity contribution in [1.29, 1.82) is 0 Å². The zero-order valence-corrected chi connectivity index (χ0v) is 13.1. The molecule has 104 valence electrons. The van der Waals surface area contributed by atoms with Crippen molar-refractivity contribution in [3.05, 3.63) is 43.8 Å². The van der Waals surface area contributed by atoms with E-state index in [-0.39, 0.29) is 5.56 Å². The Morgan fingerprint density at radius 3 is 2.85 bits per heavy atom. The number of fused-ring (bicyclic) bond motifs is 1. The molecule has 0 saturated heterocycles. The third kappa shape index (κ3) is 1.94. The second-order valence-electron chi connectivity index (χ2n) is 4.76. The Morgan fingerprint density at radius 2 is 2.20 bits per heavy atom. The molecular formula is C13H14N4OS2. The van der Waals surface area contributed by atoms with E-state index in [4.69, 9.17) is 12.2 Å². The van der Waals surface area contributed by atoms with Crippen LogP contribution in [0.1, 0.15) is 16.3 Å². The summed E-state index contributed by atoms with van der Waals surface area (Å²) in [6, 6.07) is 0. The Bertz CT molecular complexity index is 913. The van der Waals surface area contributed by atoms with Crippen LogP contribution in [-0.4, -0.2) is 19.1 Å². The van der Waals surface area contributed by atoms with Gasteiger partial charge >= 0.3 is 0 Å². The molecule has 0 aromatic carbocycles. The maximum absolute atomic E-state index is 12.7. The van der Waals surface area contributed by atoms with Crippen LogP contribution in [0.4, 0.5) is 0 Å². The Labute approximate surface area is 124 Å². The Hall–Kier alpha value is -1.73. The first kappa shape index (κ1) is 13.3. The van der Waals surface area contributed by atoms with E-state index in [0.29, 0.717) is 11.3 Å². The highest BCUT2D eigenvalue weighted by molar-refractivity contribution is 7.71. The van der Waals surface area contributed by atoms with Gasteiger partial charge in [0.1, 0.15) is 10.7 Å². The van der Waals surface area contributed by atoms with Gasteiger partial charge in [0.2, 0.25) is 0 Å². The van der Waals surface area contributed by atoms with E-state index in [9.17, 15) is 4.79 Å². The fourth-order valence-corrected chi connectivity index (χ4v) is 3.56. The fraction of sp³-hybridized carbons (Fsp3) is 0.308. The van der Waals surface area contributed by atoms with Crippen molar-refractivity contribution in [2.45, 2.75) is 20.4 Å². The van der Waals surface area contributed by atoms with E-state index in [2.05, 4.69) is 9.97 Å². The molecule has 0 aliphatic carbocycles. The predicted octanol–water partition coefficient (Wildman–Crippen LogP) is 2.52. The molecule has 7 heteroatoms. The highest BCUT2D eigenvalue weighted by atomic mass is 32.1. The maximum Gasteiger partial charge on any atom is 0.263 e. The maximum atomic E-state index is 12.7. The average Bonchev–Trinajstić information content (AvgIpc) is 2.90. The van der Waals surface area contributed by atoms with Gasteiger partial charge in [-0.1, -0.05) is 0 Å². The summed E-state index contributed by atoms with van der Waals surface area (Å²) in [7, 11) is 1.90. The quantitative estimate of drug-likeness (QED) is 0.740. The second kappa shape index (κ2) is 4.68. The number of thiophene rings is 1. The summed E-state index contributed by atoms with van der Waals surface area (Å²) in [6.45, 7) is 4.36. The van der Waals surface area contributed by atoms with Gasteiger partial charge in [0.05, 0.1) is 11.9 Å². The minimum Gasteiger partial charge on any atom is -0.337 e. The van der Waals surface area contributed by atoms with Gasteiger partial charge in [-0.25, -0.2) is 4.98 Å². The molecular weight excluding hydrogens is 292 g/mol. The Balaban J connectivity index is 2.26. The normalized spacial score (nSPS) is 11.3. The third-order valence-electron chi connectivity index (χ3n) is 3.53. The molecule has 3 aromatic heterocycles. The Morgan fingerprint density at radius 1 is 1.45 bits per heavy atom. The van der Waals surface area contributed by atoms with Crippen LogP contribution in [0, 0.1) is 18.6 Å². The molecule has 0 aliphatic heterocycles. The molecule has 0 radical (unpaired) electrons. The van der Waals surface area contributed by atoms with Crippen molar-refractivity contribution >= 4 is 33.8 Å². The van der Waals surface area contributed by atoms with E-state index < -0.39 is 0 Å². The number of nitrogens with one attached hydrogen (secondary N) is 1. The molecule has 0 saturated carbocycles. The molecule has 0 fully saturated rings. The van der Waals surface area contributed by atoms with Crippen LogP contribution in [-0.2, 0) is 13.6 Å². The lowest BCUT2D eigenvalue weighted by atomic mass is 10.2. The van der Waals surface area contributed by atoms with Crippen LogP contribution in [0.25, 0.3) is 10.2 Å².